The highest BCUT2D eigenvalue weighted by atomic mass is 16.5. The monoisotopic (exact) mass is 305 g/mol. The molecule has 0 aromatic carbocycles. The minimum atomic E-state index is 0.145. The summed E-state index contributed by atoms with van der Waals surface area (Å²) in [5.74, 6) is 0.853. The molecule has 2 fully saturated rings. The Morgan fingerprint density at radius 3 is 2.82 bits per heavy atom. The molecule has 1 saturated carbocycles. The number of aromatic nitrogens is 2. The normalized spacial score (nSPS) is 22.1. The van der Waals surface area contributed by atoms with E-state index in [9.17, 15) is 4.79 Å². The van der Waals surface area contributed by atoms with Crippen molar-refractivity contribution in [2.24, 2.45) is 5.92 Å². The molecule has 1 saturated heterocycles. The molecule has 1 aliphatic heterocycles. The van der Waals surface area contributed by atoms with Gasteiger partial charge in [-0.2, -0.15) is 5.10 Å². The first-order valence-electron chi connectivity index (χ1n) is 8.52. The molecule has 5 nitrogen and oxygen atoms in total. The van der Waals surface area contributed by atoms with Crippen molar-refractivity contribution in [3.05, 3.63) is 17.5 Å². The van der Waals surface area contributed by atoms with Crippen LogP contribution in [0.2, 0.25) is 0 Å². The van der Waals surface area contributed by atoms with E-state index in [1.807, 2.05) is 16.5 Å². The second-order valence-corrected chi connectivity index (χ2v) is 6.80. The molecule has 0 unspecified atom stereocenters. The van der Waals surface area contributed by atoms with Crippen LogP contribution in [0.25, 0.3) is 0 Å². The van der Waals surface area contributed by atoms with E-state index in [2.05, 4.69) is 18.1 Å². The number of amides is 1. The van der Waals surface area contributed by atoms with Crippen LogP contribution in [0.4, 0.5) is 0 Å². The molecule has 0 spiro atoms. The van der Waals surface area contributed by atoms with E-state index < -0.39 is 0 Å². The number of hydrogen-bond donors (Lipinski definition) is 0. The number of nitrogens with zero attached hydrogens (tertiary/aromatic N) is 3. The summed E-state index contributed by atoms with van der Waals surface area (Å²) in [6, 6.07) is 2.34. The maximum absolute atomic E-state index is 12.5. The number of ether oxygens (including phenoxy) is 1. The zero-order valence-electron chi connectivity index (χ0n) is 13.8. The minimum absolute atomic E-state index is 0.145. The van der Waals surface area contributed by atoms with Crippen LogP contribution in [0.15, 0.2) is 6.07 Å². The molecule has 1 aliphatic carbocycles. The average Bonchev–Trinajstić information content (AvgIpc) is 3.25. The Morgan fingerprint density at radius 1 is 1.32 bits per heavy atom. The van der Waals surface area contributed by atoms with Crippen LogP contribution in [0.3, 0.4) is 0 Å². The van der Waals surface area contributed by atoms with Crippen molar-refractivity contribution in [2.75, 3.05) is 19.8 Å². The predicted octanol–water partition coefficient (Wildman–Crippen LogP) is 2.31. The summed E-state index contributed by atoms with van der Waals surface area (Å²) in [4.78, 5) is 14.5. The maximum atomic E-state index is 12.5. The minimum Gasteiger partial charge on any atom is -0.371 e. The van der Waals surface area contributed by atoms with Crippen molar-refractivity contribution >= 4 is 5.91 Å². The van der Waals surface area contributed by atoms with Gasteiger partial charge >= 0.3 is 0 Å². The van der Waals surface area contributed by atoms with Gasteiger partial charge in [-0.15, -0.1) is 0 Å². The standard InChI is InChI=1S/C17H27N3O2/c1-13-9-14(2)20(18-13)10-16-5-3-4-8-19(16)17(21)12-22-11-15-6-7-15/h9,15-16H,3-8,10-12H2,1-2H3/t16-/m0/s1. The number of aryl methyl sites for hydroxylation is 2. The molecule has 122 valence electrons. The highest BCUT2D eigenvalue weighted by molar-refractivity contribution is 5.77. The average molecular weight is 305 g/mol. The Balaban J connectivity index is 1.57. The maximum Gasteiger partial charge on any atom is 0.248 e. The smallest absolute Gasteiger partial charge is 0.248 e. The van der Waals surface area contributed by atoms with Gasteiger partial charge in [-0.1, -0.05) is 0 Å². The molecule has 2 heterocycles. The first-order valence-corrected chi connectivity index (χ1v) is 8.52. The molecule has 22 heavy (non-hydrogen) atoms. The molecule has 3 rings (SSSR count). The number of likely N-dealkylation sites (tertiary alicyclic amines) is 1. The number of piperidine rings is 1. The summed E-state index contributed by atoms with van der Waals surface area (Å²) in [5, 5.41) is 4.54. The zero-order chi connectivity index (χ0) is 15.5. The fourth-order valence-corrected chi connectivity index (χ4v) is 3.26. The van der Waals surface area contributed by atoms with Crippen molar-refractivity contribution in [3.8, 4) is 0 Å². The Labute approximate surface area is 132 Å². The highest BCUT2D eigenvalue weighted by Crippen LogP contribution is 2.28. The van der Waals surface area contributed by atoms with E-state index in [1.54, 1.807) is 0 Å². The lowest BCUT2D eigenvalue weighted by molar-refractivity contribution is -0.140. The van der Waals surface area contributed by atoms with E-state index in [-0.39, 0.29) is 18.6 Å². The zero-order valence-corrected chi connectivity index (χ0v) is 13.8. The van der Waals surface area contributed by atoms with Crippen molar-refractivity contribution < 1.29 is 9.53 Å². The van der Waals surface area contributed by atoms with Gasteiger partial charge in [0.25, 0.3) is 0 Å². The molecule has 1 aromatic rings. The lowest BCUT2D eigenvalue weighted by Gasteiger charge is -2.36. The third kappa shape index (κ3) is 3.88. The highest BCUT2D eigenvalue weighted by Gasteiger charge is 2.28. The SMILES string of the molecule is Cc1cc(C)n(C[C@@H]2CCCCN2C(=O)COCC2CC2)n1. The number of hydrogen-bond acceptors (Lipinski definition) is 3. The lowest BCUT2D eigenvalue weighted by Crippen LogP contribution is -2.47. The number of rotatable bonds is 6. The van der Waals surface area contributed by atoms with Crippen LogP contribution in [-0.2, 0) is 16.1 Å². The molecule has 0 N–H and O–H groups in total. The fraction of sp³-hybridized carbons (Fsp3) is 0.765. The molecule has 0 bridgehead atoms. The first-order chi connectivity index (χ1) is 10.6. The molecule has 2 aliphatic rings. The van der Waals surface area contributed by atoms with Crippen molar-refractivity contribution in [2.45, 2.75) is 58.5 Å². The van der Waals surface area contributed by atoms with Gasteiger partial charge in [0.2, 0.25) is 5.91 Å². The van der Waals surface area contributed by atoms with Crippen LogP contribution >= 0.6 is 0 Å². The van der Waals surface area contributed by atoms with E-state index in [1.165, 1.54) is 25.0 Å². The van der Waals surface area contributed by atoms with Gasteiger partial charge in [-0.25, -0.2) is 0 Å². The van der Waals surface area contributed by atoms with Gasteiger partial charge in [-0.3, -0.25) is 9.48 Å². The molecule has 1 atom stereocenters. The van der Waals surface area contributed by atoms with Crippen LogP contribution in [-0.4, -0.2) is 46.4 Å². The van der Waals surface area contributed by atoms with Crippen LogP contribution in [0.1, 0.15) is 43.5 Å². The summed E-state index contributed by atoms with van der Waals surface area (Å²) in [6.07, 6.45) is 5.88. The fourth-order valence-electron chi connectivity index (χ4n) is 3.26. The number of carbonyl (C=O) groups is 1. The van der Waals surface area contributed by atoms with Gasteiger partial charge < -0.3 is 9.64 Å². The van der Waals surface area contributed by atoms with Gasteiger partial charge in [-0.05, 0) is 57.9 Å². The first kappa shape index (κ1) is 15.5. The van der Waals surface area contributed by atoms with Crippen LogP contribution in [0, 0.1) is 19.8 Å². The van der Waals surface area contributed by atoms with E-state index in [0.29, 0.717) is 5.92 Å². The van der Waals surface area contributed by atoms with E-state index in [0.717, 1.165) is 38.2 Å². The quantitative estimate of drug-likeness (QED) is 0.810. The Kier molecular flexibility index (Phi) is 4.81. The molecular weight excluding hydrogens is 278 g/mol. The summed E-state index contributed by atoms with van der Waals surface area (Å²) >= 11 is 0. The van der Waals surface area contributed by atoms with Gasteiger partial charge in [0.1, 0.15) is 6.61 Å². The van der Waals surface area contributed by atoms with Crippen LogP contribution < -0.4 is 0 Å². The summed E-state index contributed by atoms with van der Waals surface area (Å²) < 4.78 is 7.62. The van der Waals surface area contributed by atoms with E-state index >= 15 is 0 Å². The number of carbonyl (C=O) groups excluding carboxylic acids is 1. The molecule has 1 amide bonds. The van der Waals surface area contributed by atoms with E-state index in [4.69, 9.17) is 4.74 Å². The summed E-state index contributed by atoms with van der Waals surface area (Å²) in [6.45, 7) is 6.74. The Morgan fingerprint density at radius 2 is 2.14 bits per heavy atom. The molecule has 0 radical (unpaired) electrons. The van der Waals surface area contributed by atoms with Gasteiger partial charge in [0, 0.05) is 12.2 Å². The summed E-state index contributed by atoms with van der Waals surface area (Å²) in [5.41, 5.74) is 2.21. The van der Waals surface area contributed by atoms with Crippen LogP contribution in [0.5, 0.6) is 0 Å². The molecule has 1 aromatic heterocycles. The second kappa shape index (κ2) is 6.82. The largest absolute Gasteiger partial charge is 0.371 e. The van der Waals surface area contributed by atoms with Crippen molar-refractivity contribution in [1.29, 1.82) is 0 Å². The Hall–Kier alpha value is -1.36. The predicted molar refractivity (Wildman–Crippen MR) is 84.6 cm³/mol. The van der Waals surface area contributed by atoms with Crippen molar-refractivity contribution in [3.63, 3.8) is 0 Å². The van der Waals surface area contributed by atoms with Crippen molar-refractivity contribution in [1.82, 2.24) is 14.7 Å². The molecular formula is C17H27N3O2. The van der Waals surface area contributed by atoms with Gasteiger partial charge in [0.05, 0.1) is 24.9 Å². The summed E-state index contributed by atoms with van der Waals surface area (Å²) in [7, 11) is 0. The Bertz CT molecular complexity index is 522. The third-order valence-corrected chi connectivity index (χ3v) is 4.71. The second-order valence-electron chi connectivity index (χ2n) is 6.80. The third-order valence-electron chi connectivity index (χ3n) is 4.71. The topological polar surface area (TPSA) is 47.4 Å². The lowest BCUT2D eigenvalue weighted by atomic mass is 10.0. The van der Waals surface area contributed by atoms with Gasteiger partial charge in [0.15, 0.2) is 0 Å². The molecule has 5 heteroatoms.